The molecule has 0 saturated carbocycles. The van der Waals surface area contributed by atoms with Crippen LogP contribution in [0.15, 0.2) is 119 Å². The fraction of sp³-hybridized carbons (Fsp3) is 0.429. The molecule has 4 atom stereocenters. The van der Waals surface area contributed by atoms with E-state index >= 15 is 0 Å². The van der Waals surface area contributed by atoms with E-state index in [4.69, 9.17) is 38.4 Å². The summed E-state index contributed by atoms with van der Waals surface area (Å²) < 4.78 is 0. The molecule has 0 saturated heterocycles. The van der Waals surface area contributed by atoms with Gasteiger partial charge in [0.15, 0.2) is 0 Å². The van der Waals surface area contributed by atoms with Gasteiger partial charge in [0.1, 0.15) is 23.0 Å². The monoisotopic (exact) mass is 1240 g/mol. The van der Waals surface area contributed by atoms with E-state index in [2.05, 4.69) is 62.8 Å². The molecule has 0 aliphatic heterocycles. The van der Waals surface area contributed by atoms with Crippen LogP contribution in [0.1, 0.15) is 168 Å². The second kappa shape index (κ2) is 44.8. The van der Waals surface area contributed by atoms with E-state index in [0.717, 1.165) is 160 Å². The molecule has 0 aromatic heterocycles. The van der Waals surface area contributed by atoms with Crippen molar-refractivity contribution in [3.63, 3.8) is 0 Å². The van der Waals surface area contributed by atoms with Crippen LogP contribution >= 0.6 is 0 Å². The van der Waals surface area contributed by atoms with Crippen molar-refractivity contribution < 1.29 is 78.0 Å². The topological polar surface area (TPSA) is 334 Å². The van der Waals surface area contributed by atoms with Crippen molar-refractivity contribution in [3.8, 4) is 23.0 Å². The van der Waals surface area contributed by atoms with Crippen molar-refractivity contribution in [1.29, 1.82) is 0 Å². The summed E-state index contributed by atoms with van der Waals surface area (Å²) >= 11 is 0. The number of benzene rings is 4. The normalized spacial score (nSPS) is 16.5. The Kier molecular flexibility index (Phi) is 39.1. The third-order valence-electron chi connectivity index (χ3n) is 14.5. The van der Waals surface area contributed by atoms with Gasteiger partial charge in [-0.25, -0.2) is 0 Å². The third-order valence-corrected chi connectivity index (χ3v) is 14.5. The molecular weight excluding hydrogens is 1150 g/mol. The molecule has 4 unspecified atom stereocenters. The molecule has 4 aromatic carbocycles. The summed E-state index contributed by atoms with van der Waals surface area (Å²) in [5.74, 6) is 2.92. The first kappa shape index (κ1) is 78.5. The highest BCUT2D eigenvalue weighted by Crippen LogP contribution is 2.31. The zero-order valence-corrected chi connectivity index (χ0v) is 53.0. The SMILES string of the molecule is CCCc1cc(O)cc(NC(=O)C2=CCCC(C)C2)c1.CCCc1cc(O)cc(NC(=O)C2=CCCC(C)C2)c1.CCc1cc(O)cc(NC(=O)C2=CCCC(C)C2)c1.CCc1cc(O)cc(NC(=O)C2=CCCC(C)C2)c1.O=C=O.O=C=O.O=C=O.O=C=O. The van der Waals surface area contributed by atoms with Gasteiger partial charge in [0.25, 0.3) is 23.6 Å². The standard InChI is InChI=1S/2C17H23NO2.2C16H21NO2.4CO2/c2*1-3-5-13-9-15(11-16(19)10-13)18-17(20)14-7-4-6-12(2)8-14;2*1-3-12-8-14(10-15(18)9-12)17-16(19)13-6-4-5-11(2)7-13;4*2-1-3/h2*7,9-12,19H,3-6,8H2,1-2H3,(H,18,20);2*6,8-11,18H,3-5,7H2,1-2H3,(H,17,19);;;;. The minimum Gasteiger partial charge on any atom is -0.508 e. The van der Waals surface area contributed by atoms with E-state index in [9.17, 15) is 39.6 Å². The smallest absolute Gasteiger partial charge is 0.373 e. The van der Waals surface area contributed by atoms with Crippen LogP contribution in [-0.2, 0) is 83.2 Å². The predicted molar refractivity (Wildman–Crippen MR) is 338 cm³/mol. The van der Waals surface area contributed by atoms with Crippen molar-refractivity contribution in [2.45, 2.75) is 171 Å². The molecule has 20 heteroatoms. The highest BCUT2D eigenvalue weighted by molar-refractivity contribution is 6.06. The molecular formula is C70H88N4O16. The van der Waals surface area contributed by atoms with Gasteiger partial charge in [0.2, 0.25) is 0 Å². The largest absolute Gasteiger partial charge is 0.508 e. The van der Waals surface area contributed by atoms with Gasteiger partial charge in [-0.1, -0.05) is 92.5 Å². The molecule has 0 bridgehead atoms. The van der Waals surface area contributed by atoms with Gasteiger partial charge in [-0.15, -0.1) is 0 Å². The van der Waals surface area contributed by atoms with Crippen molar-refractivity contribution >= 4 is 71.0 Å². The van der Waals surface area contributed by atoms with E-state index in [1.54, 1.807) is 48.5 Å². The molecule has 0 radical (unpaired) electrons. The molecule has 0 fully saturated rings. The Morgan fingerprint density at radius 2 is 0.556 bits per heavy atom. The molecule has 0 heterocycles. The number of hydrogen-bond acceptors (Lipinski definition) is 16. The Hall–Kier alpha value is -9.56. The molecule has 8 rings (SSSR count). The summed E-state index contributed by atoms with van der Waals surface area (Å²) in [6, 6.07) is 21.0. The molecule has 4 aliphatic carbocycles. The number of allylic oxidation sites excluding steroid dienone is 4. The lowest BCUT2D eigenvalue weighted by molar-refractivity contribution is -0.193. The molecule has 0 spiro atoms. The van der Waals surface area contributed by atoms with Crippen molar-refractivity contribution in [2.75, 3.05) is 21.3 Å². The predicted octanol–water partition coefficient (Wildman–Crippen LogP) is 13.0. The number of phenols is 4. The quantitative estimate of drug-likeness (QED) is 0.0581. The minimum atomic E-state index is -0.0424. The molecule has 484 valence electrons. The van der Waals surface area contributed by atoms with Crippen molar-refractivity contribution in [3.05, 3.63) is 142 Å². The van der Waals surface area contributed by atoms with Gasteiger partial charge in [-0.2, -0.15) is 38.4 Å². The average Bonchev–Trinajstić information content (AvgIpc) is 3.64. The molecule has 4 aliphatic rings. The third kappa shape index (κ3) is 32.4. The highest BCUT2D eigenvalue weighted by Gasteiger charge is 2.21. The van der Waals surface area contributed by atoms with Crippen molar-refractivity contribution in [1.82, 2.24) is 0 Å². The Balaban J connectivity index is 0.000000565. The van der Waals surface area contributed by atoms with Gasteiger partial charge < -0.3 is 41.7 Å². The summed E-state index contributed by atoms with van der Waals surface area (Å²) in [5.41, 5.74) is 10.3. The minimum absolute atomic E-state index is 0.0374. The van der Waals surface area contributed by atoms with Crippen LogP contribution in [0.5, 0.6) is 23.0 Å². The molecule has 4 amide bonds. The number of amides is 4. The zero-order chi connectivity index (χ0) is 67.6. The Labute approximate surface area is 527 Å². The number of aromatic hydroxyl groups is 4. The number of rotatable bonds is 14. The van der Waals surface area contributed by atoms with E-state index < -0.39 is 0 Å². The number of hydrogen-bond donors (Lipinski definition) is 8. The second-order valence-corrected chi connectivity index (χ2v) is 22.4. The number of nitrogens with one attached hydrogen (secondary N) is 4. The Bertz CT molecular complexity index is 2990. The first-order valence-corrected chi connectivity index (χ1v) is 30.3. The fourth-order valence-corrected chi connectivity index (χ4v) is 10.3. The lowest BCUT2D eigenvalue weighted by Crippen LogP contribution is -2.18. The molecule has 8 N–H and O–H groups in total. The van der Waals surface area contributed by atoms with Gasteiger partial charge in [0, 0.05) is 69.3 Å². The van der Waals surface area contributed by atoms with Crippen LogP contribution in [-0.4, -0.2) is 68.7 Å². The van der Waals surface area contributed by atoms with Gasteiger partial charge >= 0.3 is 24.6 Å². The summed E-state index contributed by atoms with van der Waals surface area (Å²) in [4.78, 5) is 114. The Morgan fingerprint density at radius 3 is 0.744 bits per heavy atom. The molecule has 20 nitrogen and oxygen atoms in total. The summed E-state index contributed by atoms with van der Waals surface area (Å²) in [6.07, 6.45) is 26.5. The number of carbonyl (C=O) groups is 4. The summed E-state index contributed by atoms with van der Waals surface area (Å²) in [6.45, 7) is 16.9. The zero-order valence-electron chi connectivity index (χ0n) is 53.0. The second-order valence-electron chi connectivity index (χ2n) is 22.4. The van der Waals surface area contributed by atoms with Crippen LogP contribution in [0.3, 0.4) is 0 Å². The fourth-order valence-electron chi connectivity index (χ4n) is 10.3. The van der Waals surface area contributed by atoms with Crippen LogP contribution in [0.2, 0.25) is 0 Å². The lowest BCUT2D eigenvalue weighted by Gasteiger charge is -2.18. The molecule has 90 heavy (non-hydrogen) atoms. The maximum Gasteiger partial charge on any atom is 0.373 e. The first-order chi connectivity index (χ1) is 43.0. The van der Waals surface area contributed by atoms with Crippen LogP contribution < -0.4 is 21.3 Å². The van der Waals surface area contributed by atoms with E-state index in [0.29, 0.717) is 46.4 Å². The van der Waals surface area contributed by atoms with E-state index in [-0.39, 0.29) is 71.2 Å². The van der Waals surface area contributed by atoms with Crippen molar-refractivity contribution in [2.24, 2.45) is 23.7 Å². The van der Waals surface area contributed by atoms with Gasteiger partial charge in [-0.05, 0) is 197 Å². The maximum atomic E-state index is 12.2. The number of carbonyl (C=O) groups excluding carboxylic acids is 12. The van der Waals surface area contributed by atoms with E-state index in [1.165, 1.54) is 0 Å². The lowest BCUT2D eigenvalue weighted by atomic mass is 9.90. The van der Waals surface area contributed by atoms with Gasteiger partial charge in [-0.3, -0.25) is 19.2 Å². The first-order valence-electron chi connectivity index (χ1n) is 30.3. The van der Waals surface area contributed by atoms with Gasteiger partial charge in [0.05, 0.1) is 0 Å². The number of aryl methyl sites for hydroxylation is 4. The summed E-state index contributed by atoms with van der Waals surface area (Å²) in [7, 11) is 0. The van der Waals surface area contributed by atoms with E-state index in [1.807, 2.05) is 62.4 Å². The van der Waals surface area contributed by atoms with Crippen LogP contribution in [0, 0.1) is 23.7 Å². The maximum absolute atomic E-state index is 12.2. The number of phenolic OH excluding ortho intramolecular Hbond substituents is 4. The van der Waals surface area contributed by atoms with Crippen LogP contribution in [0.4, 0.5) is 22.7 Å². The number of anilines is 4. The molecule has 4 aromatic rings. The highest BCUT2D eigenvalue weighted by atomic mass is 16.3. The Morgan fingerprint density at radius 1 is 0.356 bits per heavy atom. The average molecular weight is 1240 g/mol. The summed E-state index contributed by atoms with van der Waals surface area (Å²) in [5, 5.41) is 50.3. The van der Waals surface area contributed by atoms with Crippen LogP contribution in [0.25, 0.3) is 0 Å².